The molecule has 0 aromatic rings. The Kier molecular flexibility index (Phi) is 3.07. The minimum Gasteiger partial charge on any atom is -0.273 e. The lowest BCUT2D eigenvalue weighted by atomic mass is 10.3. The Morgan fingerprint density at radius 3 is 2.25 bits per heavy atom. The van der Waals surface area contributed by atoms with Crippen LogP contribution in [0.25, 0.3) is 0 Å². The van der Waals surface area contributed by atoms with Gasteiger partial charge in [-0.2, -0.15) is 0 Å². The maximum atomic E-state index is 11.2. The van der Waals surface area contributed by atoms with Crippen molar-refractivity contribution in [2.24, 2.45) is 0 Å². The molecule has 0 atom stereocenters. The summed E-state index contributed by atoms with van der Waals surface area (Å²) in [4.78, 5) is 9.68. The van der Waals surface area contributed by atoms with Gasteiger partial charge in [0, 0.05) is 12.8 Å². The van der Waals surface area contributed by atoms with Crippen molar-refractivity contribution in [2.45, 2.75) is 19.3 Å². The molecule has 1 amide bonds. The first kappa shape index (κ1) is 7.33. The molecule has 0 aliphatic rings. The number of alkyl halides is 2. The Morgan fingerprint density at radius 2 is 2.12 bits per heavy atom. The van der Waals surface area contributed by atoms with Gasteiger partial charge in [-0.3, -0.25) is 10.5 Å². The minimum absolute atomic E-state index is 0.336. The molecule has 0 aromatic carbocycles. The van der Waals surface area contributed by atoms with Crippen molar-refractivity contribution in [3.05, 3.63) is 0 Å². The number of hydrogen-bond donors (Lipinski definition) is 0. The van der Waals surface area contributed by atoms with Crippen molar-refractivity contribution in [1.29, 1.82) is 0 Å². The highest BCUT2D eigenvalue weighted by atomic mass is 19.3. The van der Waals surface area contributed by atoms with Crippen LogP contribution in [0.2, 0.25) is 0 Å². The number of rotatable bonds is 3. The van der Waals surface area contributed by atoms with Crippen LogP contribution in [-0.2, 0) is 4.79 Å². The molecule has 4 heteroatoms. The van der Waals surface area contributed by atoms with E-state index in [9.17, 15) is 13.6 Å². The minimum atomic E-state index is -2.45. The molecule has 0 rings (SSSR count). The van der Waals surface area contributed by atoms with Crippen LogP contribution in [-0.4, -0.2) is 12.3 Å². The van der Waals surface area contributed by atoms with Crippen molar-refractivity contribution in [3.8, 4) is 0 Å². The normalized spacial score (nSPS) is 9.88. The highest BCUT2D eigenvalue weighted by Crippen LogP contribution is 2.01. The fourth-order valence-electron chi connectivity index (χ4n) is 0.240. The third kappa shape index (κ3) is 5.33. The molecule has 2 nitrogen and oxygen atoms in total. The second-order valence-electron chi connectivity index (χ2n) is 1.35. The van der Waals surface area contributed by atoms with Crippen molar-refractivity contribution >= 4 is 5.91 Å². The Morgan fingerprint density at radius 1 is 1.62 bits per heavy atom. The van der Waals surface area contributed by atoms with Crippen LogP contribution >= 0.6 is 0 Å². The first-order valence-electron chi connectivity index (χ1n) is 2.15. The first-order valence-corrected chi connectivity index (χ1v) is 2.15. The number of carbonyl (C=O) groups is 1. The van der Waals surface area contributed by atoms with Gasteiger partial charge in [-0.25, -0.2) is 8.78 Å². The average molecular weight is 122 g/mol. The topological polar surface area (TPSA) is 40.9 Å². The molecule has 47 valence electrons. The van der Waals surface area contributed by atoms with E-state index in [1.54, 1.807) is 0 Å². The van der Waals surface area contributed by atoms with E-state index in [2.05, 4.69) is 0 Å². The van der Waals surface area contributed by atoms with Gasteiger partial charge in [0.2, 0.25) is 12.3 Å². The first-order chi connectivity index (χ1) is 3.63. The quantitative estimate of drug-likeness (QED) is 0.546. The van der Waals surface area contributed by atoms with Gasteiger partial charge < -0.3 is 0 Å². The predicted octanol–water partition coefficient (Wildman–Crippen LogP) is 0.841. The molecule has 0 fully saturated rings. The molecule has 1 N–H and O–H groups in total. The van der Waals surface area contributed by atoms with Gasteiger partial charge in [0.05, 0.1) is 0 Å². The fourth-order valence-corrected chi connectivity index (χ4v) is 0.240. The van der Waals surface area contributed by atoms with Crippen LogP contribution < -0.4 is 5.73 Å². The van der Waals surface area contributed by atoms with Gasteiger partial charge in [-0.15, -0.1) is 0 Å². The zero-order valence-corrected chi connectivity index (χ0v) is 4.16. The standard InChI is InChI=1S/C4H6F2NO/c5-3(6)1-2-4(7)8/h3,7H,1-2H2. The summed E-state index contributed by atoms with van der Waals surface area (Å²) in [6.45, 7) is 0. The second-order valence-corrected chi connectivity index (χ2v) is 1.35. The van der Waals surface area contributed by atoms with E-state index in [1.807, 2.05) is 0 Å². The van der Waals surface area contributed by atoms with Gasteiger partial charge in [0.25, 0.3) is 0 Å². The molecule has 0 aliphatic carbocycles. The lowest BCUT2D eigenvalue weighted by molar-refractivity contribution is -0.119. The summed E-state index contributed by atoms with van der Waals surface area (Å²) in [6.07, 6.45) is -3.27. The van der Waals surface area contributed by atoms with Crippen molar-refractivity contribution in [1.82, 2.24) is 5.73 Å². The molecule has 0 spiro atoms. The second kappa shape index (κ2) is 3.35. The average Bonchev–Trinajstić information content (AvgIpc) is 1.61. The smallest absolute Gasteiger partial charge is 0.239 e. The molecular formula is C4H6F2NO. The van der Waals surface area contributed by atoms with Gasteiger partial charge in [0.1, 0.15) is 0 Å². The van der Waals surface area contributed by atoms with E-state index in [-0.39, 0.29) is 6.42 Å². The summed E-state index contributed by atoms with van der Waals surface area (Å²) in [5, 5.41) is 0. The molecule has 0 saturated carbocycles. The number of amides is 1. The van der Waals surface area contributed by atoms with Gasteiger partial charge >= 0.3 is 0 Å². The third-order valence-corrected chi connectivity index (χ3v) is 0.590. The van der Waals surface area contributed by atoms with E-state index in [1.165, 1.54) is 0 Å². The van der Waals surface area contributed by atoms with E-state index in [4.69, 9.17) is 5.73 Å². The van der Waals surface area contributed by atoms with Crippen LogP contribution in [0.4, 0.5) is 8.78 Å². The summed E-state index contributed by atoms with van der Waals surface area (Å²) < 4.78 is 22.3. The van der Waals surface area contributed by atoms with Gasteiger partial charge in [-0.05, 0) is 0 Å². The van der Waals surface area contributed by atoms with Crippen LogP contribution in [0.5, 0.6) is 0 Å². The molecule has 0 aromatic heterocycles. The number of halogens is 2. The van der Waals surface area contributed by atoms with Crippen molar-refractivity contribution in [3.63, 3.8) is 0 Å². The Labute approximate surface area is 45.7 Å². The molecule has 0 bridgehead atoms. The lowest BCUT2D eigenvalue weighted by Gasteiger charge is -1.91. The predicted molar refractivity (Wildman–Crippen MR) is 23.3 cm³/mol. The van der Waals surface area contributed by atoms with Crippen molar-refractivity contribution in [2.75, 3.05) is 0 Å². The van der Waals surface area contributed by atoms with Crippen LogP contribution in [0.1, 0.15) is 12.8 Å². The molecule has 0 aliphatic heterocycles. The summed E-state index contributed by atoms with van der Waals surface area (Å²) in [6, 6.07) is 0. The molecule has 0 unspecified atom stereocenters. The molecular weight excluding hydrogens is 116 g/mol. The highest BCUT2D eigenvalue weighted by molar-refractivity contribution is 5.72. The number of carbonyl (C=O) groups excluding carboxylic acids is 1. The number of hydrogen-bond acceptors (Lipinski definition) is 1. The monoisotopic (exact) mass is 122 g/mol. The zero-order chi connectivity index (χ0) is 6.57. The summed E-state index contributed by atoms with van der Waals surface area (Å²) in [5.74, 6) is -0.926. The summed E-state index contributed by atoms with van der Waals surface area (Å²) in [7, 11) is 0. The van der Waals surface area contributed by atoms with Gasteiger partial charge in [-0.1, -0.05) is 0 Å². The maximum Gasteiger partial charge on any atom is 0.239 e. The molecule has 1 radical (unpaired) electrons. The zero-order valence-electron chi connectivity index (χ0n) is 4.16. The number of nitrogens with one attached hydrogen (secondary N) is 1. The molecule has 8 heavy (non-hydrogen) atoms. The highest BCUT2D eigenvalue weighted by Gasteiger charge is 2.03. The SMILES string of the molecule is [NH]C(=O)CCC(F)F. The third-order valence-electron chi connectivity index (χ3n) is 0.590. The van der Waals surface area contributed by atoms with Gasteiger partial charge in [0.15, 0.2) is 0 Å². The van der Waals surface area contributed by atoms with Crippen LogP contribution in [0.15, 0.2) is 0 Å². The molecule has 0 heterocycles. The Bertz CT molecular complexity index is 84.1. The fraction of sp³-hybridized carbons (Fsp3) is 0.750. The van der Waals surface area contributed by atoms with Crippen molar-refractivity contribution < 1.29 is 13.6 Å². The maximum absolute atomic E-state index is 11.2. The Balaban J connectivity index is 3.05. The van der Waals surface area contributed by atoms with E-state index in [0.717, 1.165) is 0 Å². The molecule has 0 saturated heterocycles. The Hall–Kier alpha value is -0.670. The van der Waals surface area contributed by atoms with Crippen LogP contribution in [0, 0.1) is 0 Å². The van der Waals surface area contributed by atoms with Crippen LogP contribution in [0.3, 0.4) is 0 Å². The largest absolute Gasteiger partial charge is 0.273 e. The summed E-state index contributed by atoms with van der Waals surface area (Å²) in [5.41, 5.74) is 6.20. The lowest BCUT2D eigenvalue weighted by Crippen LogP contribution is -2.00. The van der Waals surface area contributed by atoms with E-state index in [0.29, 0.717) is 0 Å². The summed E-state index contributed by atoms with van der Waals surface area (Å²) >= 11 is 0. The van der Waals surface area contributed by atoms with E-state index < -0.39 is 18.8 Å². The van der Waals surface area contributed by atoms with E-state index >= 15 is 0 Å².